The average molecular weight is 225 g/mol. The van der Waals surface area contributed by atoms with Crippen molar-refractivity contribution in [3.05, 3.63) is 66.0 Å². The number of carbonyl (C=O) groups excluding carboxylic acids is 1. The van der Waals surface area contributed by atoms with E-state index < -0.39 is 0 Å². The molecule has 2 aromatic rings. The van der Waals surface area contributed by atoms with E-state index in [-0.39, 0.29) is 5.78 Å². The van der Waals surface area contributed by atoms with Gasteiger partial charge in [0.1, 0.15) is 5.78 Å². The van der Waals surface area contributed by atoms with Crippen molar-refractivity contribution in [2.75, 3.05) is 0 Å². The fourth-order valence-electron chi connectivity index (χ4n) is 1.75. The minimum Gasteiger partial charge on any atom is -0.299 e. The van der Waals surface area contributed by atoms with Gasteiger partial charge in [0.05, 0.1) is 0 Å². The Morgan fingerprint density at radius 2 is 1.65 bits per heavy atom. The number of hydrogen-bond acceptors (Lipinski definition) is 2. The quantitative estimate of drug-likeness (QED) is 0.783. The van der Waals surface area contributed by atoms with E-state index in [9.17, 15) is 4.79 Å². The van der Waals surface area contributed by atoms with Crippen LogP contribution in [0.1, 0.15) is 17.5 Å². The maximum atomic E-state index is 11.8. The molecule has 2 rings (SSSR count). The van der Waals surface area contributed by atoms with Gasteiger partial charge in [0, 0.05) is 25.2 Å². The number of pyridine rings is 1. The number of ketones is 1. The molecular formula is C15H15NO. The van der Waals surface area contributed by atoms with Gasteiger partial charge in [-0.1, -0.05) is 30.3 Å². The van der Waals surface area contributed by atoms with E-state index in [1.165, 1.54) is 5.56 Å². The first kappa shape index (κ1) is 11.5. The number of benzene rings is 1. The van der Waals surface area contributed by atoms with Crippen LogP contribution in [0.2, 0.25) is 0 Å². The molecule has 2 nitrogen and oxygen atoms in total. The fraction of sp³-hybridized carbons (Fsp3) is 0.200. The molecule has 0 saturated heterocycles. The lowest BCUT2D eigenvalue weighted by atomic mass is 10.0. The molecule has 0 bridgehead atoms. The highest BCUT2D eigenvalue weighted by atomic mass is 16.1. The second-order valence-corrected chi connectivity index (χ2v) is 4.06. The number of hydrogen-bond donors (Lipinski definition) is 0. The van der Waals surface area contributed by atoms with Crippen LogP contribution in [0.25, 0.3) is 0 Å². The van der Waals surface area contributed by atoms with Crippen LogP contribution in [0.4, 0.5) is 0 Å². The second-order valence-electron chi connectivity index (χ2n) is 4.06. The van der Waals surface area contributed by atoms with Crippen molar-refractivity contribution in [3.8, 4) is 0 Å². The molecule has 0 fully saturated rings. The van der Waals surface area contributed by atoms with Gasteiger partial charge >= 0.3 is 0 Å². The van der Waals surface area contributed by atoms with Crippen LogP contribution in [0.5, 0.6) is 0 Å². The molecule has 1 aromatic heterocycles. The van der Waals surface area contributed by atoms with Crippen molar-refractivity contribution >= 4 is 5.78 Å². The molecule has 86 valence electrons. The van der Waals surface area contributed by atoms with Gasteiger partial charge in [-0.05, 0) is 29.7 Å². The Labute approximate surface area is 101 Å². The third-order valence-electron chi connectivity index (χ3n) is 2.69. The molecule has 0 radical (unpaired) electrons. The monoisotopic (exact) mass is 225 g/mol. The summed E-state index contributed by atoms with van der Waals surface area (Å²) in [6.45, 7) is 0. The minimum atomic E-state index is 0.285. The summed E-state index contributed by atoms with van der Waals surface area (Å²) in [6, 6.07) is 13.8. The van der Waals surface area contributed by atoms with Gasteiger partial charge in [-0.3, -0.25) is 9.78 Å². The van der Waals surface area contributed by atoms with Crippen LogP contribution in [-0.2, 0) is 17.6 Å². The van der Waals surface area contributed by atoms with Crippen molar-refractivity contribution in [2.45, 2.75) is 19.3 Å². The molecule has 0 saturated carbocycles. The summed E-state index contributed by atoms with van der Waals surface area (Å²) in [7, 11) is 0. The zero-order chi connectivity index (χ0) is 11.9. The highest BCUT2D eigenvalue weighted by Crippen LogP contribution is 2.05. The predicted molar refractivity (Wildman–Crippen MR) is 67.7 cm³/mol. The molecule has 0 aliphatic carbocycles. The maximum Gasteiger partial charge on any atom is 0.137 e. The smallest absolute Gasteiger partial charge is 0.137 e. The van der Waals surface area contributed by atoms with Gasteiger partial charge in [-0.15, -0.1) is 0 Å². The van der Waals surface area contributed by atoms with E-state index in [0.717, 1.165) is 12.0 Å². The summed E-state index contributed by atoms with van der Waals surface area (Å²) in [6.07, 6.45) is 5.45. The number of nitrogens with zero attached hydrogens (tertiary/aromatic N) is 1. The average Bonchev–Trinajstić information content (AvgIpc) is 2.39. The van der Waals surface area contributed by atoms with Crippen molar-refractivity contribution in [2.24, 2.45) is 0 Å². The Kier molecular flexibility index (Phi) is 4.03. The second kappa shape index (κ2) is 5.94. The molecule has 0 unspecified atom stereocenters. The normalized spacial score (nSPS) is 10.1. The predicted octanol–water partition coefficient (Wildman–Crippen LogP) is 2.83. The first-order chi connectivity index (χ1) is 8.34. The number of aromatic nitrogens is 1. The Morgan fingerprint density at radius 1 is 0.941 bits per heavy atom. The summed E-state index contributed by atoms with van der Waals surface area (Å²) in [5, 5.41) is 0. The summed E-state index contributed by atoms with van der Waals surface area (Å²) < 4.78 is 0. The van der Waals surface area contributed by atoms with E-state index in [0.29, 0.717) is 12.8 Å². The van der Waals surface area contributed by atoms with Crippen molar-refractivity contribution in [1.82, 2.24) is 4.98 Å². The zero-order valence-corrected chi connectivity index (χ0v) is 9.67. The highest BCUT2D eigenvalue weighted by molar-refractivity contribution is 5.81. The molecule has 0 spiro atoms. The molecule has 17 heavy (non-hydrogen) atoms. The SMILES string of the molecule is O=C(CCc1ccncc1)Cc1ccccc1. The molecular weight excluding hydrogens is 210 g/mol. The standard InChI is InChI=1S/C15H15NO/c17-15(12-14-4-2-1-3-5-14)7-6-13-8-10-16-11-9-13/h1-5,8-11H,6-7,12H2. The third kappa shape index (κ3) is 3.83. The van der Waals surface area contributed by atoms with E-state index in [1.807, 2.05) is 42.5 Å². The first-order valence-electron chi connectivity index (χ1n) is 5.79. The molecule has 0 N–H and O–H groups in total. The Bertz CT molecular complexity index is 465. The van der Waals surface area contributed by atoms with Crippen LogP contribution in [0.15, 0.2) is 54.9 Å². The van der Waals surface area contributed by atoms with Gasteiger partial charge in [0.2, 0.25) is 0 Å². The van der Waals surface area contributed by atoms with Gasteiger partial charge in [-0.2, -0.15) is 0 Å². The molecule has 1 heterocycles. The largest absolute Gasteiger partial charge is 0.299 e. The van der Waals surface area contributed by atoms with Crippen molar-refractivity contribution in [1.29, 1.82) is 0 Å². The Hall–Kier alpha value is -1.96. The minimum absolute atomic E-state index is 0.285. The third-order valence-corrected chi connectivity index (χ3v) is 2.69. The van der Waals surface area contributed by atoms with Gasteiger partial charge < -0.3 is 0 Å². The lowest BCUT2D eigenvalue weighted by Crippen LogP contribution is -2.04. The number of aryl methyl sites for hydroxylation is 1. The van der Waals surface area contributed by atoms with Crippen LogP contribution in [0, 0.1) is 0 Å². The van der Waals surface area contributed by atoms with E-state index in [4.69, 9.17) is 0 Å². The lowest BCUT2D eigenvalue weighted by Gasteiger charge is -2.01. The van der Waals surface area contributed by atoms with Gasteiger partial charge in [0.25, 0.3) is 0 Å². The van der Waals surface area contributed by atoms with Crippen LogP contribution >= 0.6 is 0 Å². The summed E-state index contributed by atoms with van der Waals surface area (Å²) in [4.78, 5) is 15.7. The highest BCUT2D eigenvalue weighted by Gasteiger charge is 2.03. The zero-order valence-electron chi connectivity index (χ0n) is 9.67. The number of Topliss-reactive ketones (excluding diaryl/α,β-unsaturated/α-hetero) is 1. The molecule has 0 atom stereocenters. The summed E-state index contributed by atoms with van der Waals surface area (Å²) >= 11 is 0. The van der Waals surface area contributed by atoms with Crippen LogP contribution in [0.3, 0.4) is 0 Å². The Balaban J connectivity index is 1.83. The number of rotatable bonds is 5. The van der Waals surface area contributed by atoms with Crippen LogP contribution in [-0.4, -0.2) is 10.8 Å². The molecule has 1 aromatic carbocycles. The van der Waals surface area contributed by atoms with Crippen molar-refractivity contribution < 1.29 is 4.79 Å². The van der Waals surface area contributed by atoms with E-state index in [2.05, 4.69) is 4.98 Å². The summed E-state index contributed by atoms with van der Waals surface area (Å²) in [5.41, 5.74) is 2.26. The maximum absolute atomic E-state index is 11.8. The van der Waals surface area contributed by atoms with Crippen LogP contribution < -0.4 is 0 Å². The summed E-state index contributed by atoms with van der Waals surface area (Å²) in [5.74, 6) is 0.285. The number of carbonyl (C=O) groups is 1. The molecule has 0 aliphatic rings. The van der Waals surface area contributed by atoms with Gasteiger partial charge in [-0.25, -0.2) is 0 Å². The molecule has 0 amide bonds. The van der Waals surface area contributed by atoms with E-state index >= 15 is 0 Å². The Morgan fingerprint density at radius 3 is 2.35 bits per heavy atom. The van der Waals surface area contributed by atoms with Gasteiger partial charge in [0.15, 0.2) is 0 Å². The molecule has 2 heteroatoms. The van der Waals surface area contributed by atoms with Crippen molar-refractivity contribution in [3.63, 3.8) is 0 Å². The lowest BCUT2D eigenvalue weighted by molar-refractivity contribution is -0.118. The van der Waals surface area contributed by atoms with E-state index in [1.54, 1.807) is 12.4 Å². The topological polar surface area (TPSA) is 30.0 Å². The fourth-order valence-corrected chi connectivity index (χ4v) is 1.75. The molecule has 0 aliphatic heterocycles. The first-order valence-corrected chi connectivity index (χ1v) is 5.79.